The van der Waals surface area contributed by atoms with Gasteiger partial charge in [0.15, 0.2) is 5.96 Å². The number of aryl methyl sites for hydroxylation is 1. The van der Waals surface area contributed by atoms with Crippen LogP contribution in [0.1, 0.15) is 31.4 Å². The van der Waals surface area contributed by atoms with Crippen molar-refractivity contribution >= 4 is 29.9 Å². The standard InChI is InChI=1S/C17H28FN3O.HI/c1-13(2)12-22-9-5-8-20-17(19-4)21-11-15-7-6-14(3)16(18)10-15;/h6-7,10,13H,5,8-9,11-12H2,1-4H3,(H2,19,20,21);1H. The number of aliphatic imine (C=N–C) groups is 1. The first-order valence-electron chi connectivity index (χ1n) is 7.80. The van der Waals surface area contributed by atoms with Crippen LogP contribution in [0.2, 0.25) is 0 Å². The largest absolute Gasteiger partial charge is 0.381 e. The first-order chi connectivity index (χ1) is 10.5. The summed E-state index contributed by atoms with van der Waals surface area (Å²) in [6.07, 6.45) is 0.923. The molecule has 0 aliphatic carbocycles. The molecule has 0 radical (unpaired) electrons. The molecule has 0 amide bonds. The molecule has 0 fully saturated rings. The molecule has 1 aromatic carbocycles. The molecule has 0 saturated carbocycles. The van der Waals surface area contributed by atoms with Gasteiger partial charge in [-0.3, -0.25) is 4.99 Å². The van der Waals surface area contributed by atoms with Gasteiger partial charge in [0.25, 0.3) is 0 Å². The molecule has 0 spiro atoms. The zero-order valence-electron chi connectivity index (χ0n) is 14.5. The summed E-state index contributed by atoms with van der Waals surface area (Å²) in [6.45, 7) is 8.91. The van der Waals surface area contributed by atoms with E-state index in [2.05, 4.69) is 29.5 Å². The summed E-state index contributed by atoms with van der Waals surface area (Å²) in [5.41, 5.74) is 1.55. The average Bonchev–Trinajstić information content (AvgIpc) is 2.49. The maximum atomic E-state index is 13.5. The summed E-state index contributed by atoms with van der Waals surface area (Å²) in [5, 5.41) is 6.39. The van der Waals surface area contributed by atoms with Gasteiger partial charge in [0.2, 0.25) is 0 Å². The van der Waals surface area contributed by atoms with Crippen LogP contribution < -0.4 is 10.6 Å². The summed E-state index contributed by atoms with van der Waals surface area (Å²) in [4.78, 5) is 4.15. The van der Waals surface area contributed by atoms with Crippen LogP contribution in [0.4, 0.5) is 4.39 Å². The monoisotopic (exact) mass is 437 g/mol. The van der Waals surface area contributed by atoms with Gasteiger partial charge in [-0.2, -0.15) is 0 Å². The van der Waals surface area contributed by atoms with E-state index in [1.807, 2.05) is 6.07 Å². The minimum absolute atomic E-state index is 0. The van der Waals surface area contributed by atoms with Crippen molar-refractivity contribution in [2.75, 3.05) is 26.8 Å². The minimum atomic E-state index is -0.176. The molecular weight excluding hydrogens is 408 g/mol. The Bertz CT molecular complexity index is 481. The minimum Gasteiger partial charge on any atom is -0.381 e. The lowest BCUT2D eigenvalue weighted by atomic mass is 10.1. The Balaban J connectivity index is 0.00000484. The second kappa shape index (κ2) is 12.5. The summed E-state index contributed by atoms with van der Waals surface area (Å²) >= 11 is 0. The molecule has 0 saturated heterocycles. The van der Waals surface area contributed by atoms with Gasteiger partial charge in [-0.15, -0.1) is 24.0 Å². The van der Waals surface area contributed by atoms with Crippen molar-refractivity contribution in [1.82, 2.24) is 10.6 Å². The van der Waals surface area contributed by atoms with E-state index in [1.54, 1.807) is 26.1 Å². The zero-order chi connectivity index (χ0) is 16.4. The maximum absolute atomic E-state index is 13.5. The molecule has 23 heavy (non-hydrogen) atoms. The van der Waals surface area contributed by atoms with Crippen LogP contribution in [0, 0.1) is 18.7 Å². The van der Waals surface area contributed by atoms with Crippen LogP contribution in [-0.2, 0) is 11.3 Å². The Morgan fingerprint density at radius 1 is 1.30 bits per heavy atom. The number of ether oxygens (including phenoxy) is 1. The van der Waals surface area contributed by atoms with E-state index >= 15 is 0 Å². The number of halogens is 2. The van der Waals surface area contributed by atoms with Crippen molar-refractivity contribution in [3.05, 3.63) is 35.1 Å². The summed E-state index contributed by atoms with van der Waals surface area (Å²) in [7, 11) is 1.72. The zero-order valence-corrected chi connectivity index (χ0v) is 16.8. The Morgan fingerprint density at radius 3 is 2.65 bits per heavy atom. The number of guanidine groups is 1. The predicted molar refractivity (Wildman–Crippen MR) is 105 cm³/mol. The van der Waals surface area contributed by atoms with E-state index in [-0.39, 0.29) is 29.8 Å². The fraction of sp³-hybridized carbons (Fsp3) is 0.588. The van der Waals surface area contributed by atoms with Crippen molar-refractivity contribution in [2.45, 2.75) is 33.7 Å². The highest BCUT2D eigenvalue weighted by Crippen LogP contribution is 2.08. The van der Waals surface area contributed by atoms with E-state index < -0.39 is 0 Å². The third kappa shape index (κ3) is 9.76. The first-order valence-corrected chi connectivity index (χ1v) is 7.80. The van der Waals surface area contributed by atoms with Gasteiger partial charge in [0, 0.05) is 33.4 Å². The van der Waals surface area contributed by atoms with Gasteiger partial charge < -0.3 is 15.4 Å². The lowest BCUT2D eigenvalue weighted by molar-refractivity contribution is 0.108. The van der Waals surface area contributed by atoms with E-state index in [1.165, 1.54) is 0 Å². The smallest absolute Gasteiger partial charge is 0.191 e. The number of nitrogens with one attached hydrogen (secondary N) is 2. The Kier molecular flexibility index (Phi) is 12.0. The molecule has 0 atom stereocenters. The predicted octanol–water partition coefficient (Wildman–Crippen LogP) is 3.48. The Labute approximate surface area is 156 Å². The molecular formula is C17H29FIN3O. The topological polar surface area (TPSA) is 45.7 Å². The average molecular weight is 437 g/mol. The van der Waals surface area contributed by atoms with Crippen molar-refractivity contribution in [3.8, 4) is 0 Å². The normalized spacial score (nSPS) is 11.3. The van der Waals surface area contributed by atoms with Crippen molar-refractivity contribution in [3.63, 3.8) is 0 Å². The highest BCUT2D eigenvalue weighted by Gasteiger charge is 2.01. The molecule has 0 unspecified atom stereocenters. The SMILES string of the molecule is CN=C(NCCCOCC(C)C)NCc1ccc(C)c(F)c1.I. The molecule has 0 heterocycles. The van der Waals surface area contributed by atoms with Crippen LogP contribution in [0.15, 0.2) is 23.2 Å². The number of rotatable bonds is 8. The number of benzene rings is 1. The highest BCUT2D eigenvalue weighted by atomic mass is 127. The summed E-state index contributed by atoms with van der Waals surface area (Å²) in [6, 6.07) is 5.25. The second-order valence-corrected chi connectivity index (χ2v) is 5.76. The fourth-order valence-corrected chi connectivity index (χ4v) is 1.85. The first kappa shape index (κ1) is 22.1. The number of hydrogen-bond acceptors (Lipinski definition) is 2. The van der Waals surface area contributed by atoms with Crippen molar-refractivity contribution in [2.24, 2.45) is 10.9 Å². The van der Waals surface area contributed by atoms with Gasteiger partial charge in [0.1, 0.15) is 5.82 Å². The molecule has 1 rings (SSSR count). The molecule has 132 valence electrons. The van der Waals surface area contributed by atoms with E-state index in [4.69, 9.17) is 4.74 Å². The molecule has 2 N–H and O–H groups in total. The summed E-state index contributed by atoms with van der Waals surface area (Å²) in [5.74, 6) is 1.10. The quantitative estimate of drug-likeness (QED) is 0.283. The van der Waals surface area contributed by atoms with Crippen LogP contribution in [0.3, 0.4) is 0 Å². The van der Waals surface area contributed by atoms with Gasteiger partial charge in [-0.25, -0.2) is 4.39 Å². The van der Waals surface area contributed by atoms with Gasteiger partial charge in [0.05, 0.1) is 0 Å². The maximum Gasteiger partial charge on any atom is 0.191 e. The van der Waals surface area contributed by atoms with Gasteiger partial charge in [-0.05, 0) is 36.5 Å². The lowest BCUT2D eigenvalue weighted by Gasteiger charge is -2.12. The second-order valence-electron chi connectivity index (χ2n) is 5.76. The van der Waals surface area contributed by atoms with Crippen molar-refractivity contribution in [1.29, 1.82) is 0 Å². The lowest BCUT2D eigenvalue weighted by Crippen LogP contribution is -2.37. The molecule has 0 aliphatic rings. The third-order valence-corrected chi connectivity index (χ3v) is 3.13. The Hall–Kier alpha value is -0.890. The van der Waals surface area contributed by atoms with Crippen LogP contribution in [-0.4, -0.2) is 32.8 Å². The number of hydrogen-bond donors (Lipinski definition) is 2. The Morgan fingerprint density at radius 2 is 2.04 bits per heavy atom. The van der Waals surface area contributed by atoms with E-state index in [0.29, 0.717) is 24.0 Å². The number of nitrogens with zero attached hydrogens (tertiary/aromatic N) is 1. The van der Waals surface area contributed by atoms with Gasteiger partial charge >= 0.3 is 0 Å². The molecule has 0 bridgehead atoms. The molecule has 1 aromatic rings. The molecule has 0 aliphatic heterocycles. The van der Waals surface area contributed by atoms with Crippen LogP contribution in [0.25, 0.3) is 0 Å². The third-order valence-electron chi connectivity index (χ3n) is 3.13. The van der Waals surface area contributed by atoms with Crippen LogP contribution in [0.5, 0.6) is 0 Å². The van der Waals surface area contributed by atoms with Crippen molar-refractivity contribution < 1.29 is 9.13 Å². The molecule has 4 nitrogen and oxygen atoms in total. The molecule has 6 heteroatoms. The molecule has 0 aromatic heterocycles. The van der Waals surface area contributed by atoms with Gasteiger partial charge in [-0.1, -0.05) is 26.0 Å². The fourth-order valence-electron chi connectivity index (χ4n) is 1.85. The summed E-state index contributed by atoms with van der Waals surface area (Å²) < 4.78 is 19.0. The van der Waals surface area contributed by atoms with Crippen LogP contribution >= 0.6 is 24.0 Å². The van der Waals surface area contributed by atoms with E-state index in [9.17, 15) is 4.39 Å². The highest BCUT2D eigenvalue weighted by molar-refractivity contribution is 14.0. The van der Waals surface area contributed by atoms with E-state index in [0.717, 1.165) is 31.7 Å².